The lowest BCUT2D eigenvalue weighted by atomic mass is 10.00. The van der Waals surface area contributed by atoms with E-state index in [0.717, 1.165) is 16.9 Å². The lowest BCUT2D eigenvalue weighted by molar-refractivity contribution is 0.258. The van der Waals surface area contributed by atoms with Gasteiger partial charge in [0.05, 0.1) is 16.7 Å². The van der Waals surface area contributed by atoms with Crippen LogP contribution in [0.5, 0.6) is 0 Å². The van der Waals surface area contributed by atoms with Crippen LogP contribution >= 0.6 is 0 Å². The standard InChI is InChI=1S/C20H27N5O2S/c1-23(2)15-7-5-14(6-8-15)17-9-10-21-20(22-17)25-11-16-18(24(3)4)13-28(26,27)19(16)12-25/h5-10,16,18-19H,11-13H2,1-4H3/t16-,18-,19-/m0/s1. The van der Waals surface area contributed by atoms with Gasteiger partial charge in [0, 0.05) is 56.6 Å². The summed E-state index contributed by atoms with van der Waals surface area (Å²) in [7, 11) is 4.86. The number of anilines is 2. The van der Waals surface area contributed by atoms with Crippen LogP contribution in [0, 0.1) is 5.92 Å². The zero-order valence-corrected chi connectivity index (χ0v) is 17.6. The molecule has 0 spiro atoms. The smallest absolute Gasteiger partial charge is 0.225 e. The first-order valence-corrected chi connectivity index (χ1v) is 11.2. The number of fused-ring (bicyclic) bond motifs is 1. The first-order valence-electron chi connectivity index (χ1n) is 9.50. The molecule has 0 N–H and O–H groups in total. The molecule has 0 bridgehead atoms. The van der Waals surface area contributed by atoms with Crippen LogP contribution in [0.25, 0.3) is 11.3 Å². The second-order valence-corrected chi connectivity index (χ2v) is 10.4. The number of sulfone groups is 1. The zero-order valence-electron chi connectivity index (χ0n) is 16.8. The van der Waals surface area contributed by atoms with Crippen LogP contribution in [-0.4, -0.2) is 81.6 Å². The molecule has 2 saturated heterocycles. The third kappa shape index (κ3) is 3.35. The van der Waals surface area contributed by atoms with Crippen molar-refractivity contribution in [1.82, 2.24) is 14.9 Å². The fourth-order valence-corrected chi connectivity index (χ4v) is 6.80. The van der Waals surface area contributed by atoms with Gasteiger partial charge in [-0.05, 0) is 32.3 Å². The Bertz CT molecular complexity index is 959. The molecule has 28 heavy (non-hydrogen) atoms. The van der Waals surface area contributed by atoms with Crippen molar-refractivity contribution in [1.29, 1.82) is 0 Å². The second kappa shape index (κ2) is 7.00. The molecule has 1 aromatic carbocycles. The van der Waals surface area contributed by atoms with Crippen molar-refractivity contribution in [3.05, 3.63) is 36.5 Å². The minimum absolute atomic E-state index is 0.0572. The summed E-state index contributed by atoms with van der Waals surface area (Å²) >= 11 is 0. The maximum absolute atomic E-state index is 12.6. The van der Waals surface area contributed by atoms with Crippen LogP contribution in [0.1, 0.15) is 0 Å². The van der Waals surface area contributed by atoms with Crippen molar-refractivity contribution < 1.29 is 8.42 Å². The highest BCUT2D eigenvalue weighted by Crippen LogP contribution is 2.37. The third-order valence-corrected chi connectivity index (χ3v) is 8.16. The van der Waals surface area contributed by atoms with Crippen molar-refractivity contribution >= 4 is 21.5 Å². The third-order valence-electron chi connectivity index (χ3n) is 5.94. The summed E-state index contributed by atoms with van der Waals surface area (Å²) in [5.74, 6) is 0.963. The van der Waals surface area contributed by atoms with Crippen molar-refractivity contribution in [3.63, 3.8) is 0 Å². The van der Waals surface area contributed by atoms with Gasteiger partial charge < -0.3 is 14.7 Å². The van der Waals surface area contributed by atoms with Gasteiger partial charge >= 0.3 is 0 Å². The molecule has 2 fully saturated rings. The van der Waals surface area contributed by atoms with Gasteiger partial charge in [-0.1, -0.05) is 12.1 Å². The van der Waals surface area contributed by atoms with E-state index < -0.39 is 9.84 Å². The minimum atomic E-state index is -3.08. The van der Waals surface area contributed by atoms with Crippen LogP contribution in [0.3, 0.4) is 0 Å². The molecule has 8 heteroatoms. The van der Waals surface area contributed by atoms with E-state index in [-0.39, 0.29) is 23.0 Å². The zero-order chi connectivity index (χ0) is 20.1. The Morgan fingerprint density at radius 3 is 2.39 bits per heavy atom. The summed E-state index contributed by atoms with van der Waals surface area (Å²) in [6, 6.07) is 10.2. The summed E-state index contributed by atoms with van der Waals surface area (Å²) in [6.07, 6.45) is 1.75. The van der Waals surface area contributed by atoms with Gasteiger partial charge in [-0.15, -0.1) is 0 Å². The molecule has 2 aromatic rings. The predicted octanol–water partition coefficient (Wildman–Crippen LogP) is 1.37. The maximum atomic E-state index is 12.6. The number of hydrogen-bond acceptors (Lipinski definition) is 7. The van der Waals surface area contributed by atoms with Gasteiger partial charge in [0.25, 0.3) is 0 Å². The monoisotopic (exact) mass is 401 g/mol. The molecular weight excluding hydrogens is 374 g/mol. The van der Waals surface area contributed by atoms with Gasteiger partial charge in [-0.25, -0.2) is 18.4 Å². The van der Waals surface area contributed by atoms with E-state index in [1.54, 1.807) is 6.20 Å². The lowest BCUT2D eigenvalue weighted by Gasteiger charge is -2.25. The molecule has 3 atom stereocenters. The number of rotatable bonds is 4. The highest BCUT2D eigenvalue weighted by Gasteiger charge is 2.53. The molecule has 0 radical (unpaired) electrons. The molecule has 150 valence electrons. The van der Waals surface area contributed by atoms with Crippen LogP contribution in [0.4, 0.5) is 11.6 Å². The highest BCUT2D eigenvalue weighted by atomic mass is 32.2. The van der Waals surface area contributed by atoms with E-state index in [0.29, 0.717) is 19.0 Å². The Balaban J connectivity index is 1.59. The fourth-order valence-electron chi connectivity index (χ4n) is 4.32. The minimum Gasteiger partial charge on any atom is -0.378 e. The van der Waals surface area contributed by atoms with Gasteiger partial charge in [-0.3, -0.25) is 0 Å². The summed E-state index contributed by atoms with van der Waals surface area (Å²) < 4.78 is 25.2. The van der Waals surface area contributed by atoms with Crippen molar-refractivity contribution in [2.75, 3.05) is 56.8 Å². The van der Waals surface area contributed by atoms with Crippen LogP contribution in [0.15, 0.2) is 36.5 Å². The normalized spacial score (nSPS) is 25.9. The van der Waals surface area contributed by atoms with Crippen LogP contribution in [0.2, 0.25) is 0 Å². The lowest BCUT2D eigenvalue weighted by Crippen LogP contribution is -2.37. The largest absolute Gasteiger partial charge is 0.378 e. The molecule has 0 saturated carbocycles. The molecule has 2 aliphatic heterocycles. The maximum Gasteiger partial charge on any atom is 0.225 e. The number of aromatic nitrogens is 2. The fraction of sp³-hybridized carbons (Fsp3) is 0.500. The number of nitrogens with zero attached hydrogens (tertiary/aromatic N) is 5. The summed E-state index contributed by atoms with van der Waals surface area (Å²) in [6.45, 7) is 1.15. The van der Waals surface area contributed by atoms with Crippen LogP contribution < -0.4 is 9.80 Å². The molecule has 0 aliphatic carbocycles. The first kappa shape index (κ1) is 19.1. The Morgan fingerprint density at radius 1 is 1.04 bits per heavy atom. The average molecular weight is 402 g/mol. The van der Waals surface area contributed by atoms with Crippen molar-refractivity contribution in [2.24, 2.45) is 5.92 Å². The summed E-state index contributed by atoms with van der Waals surface area (Å²) in [5, 5.41) is -0.327. The molecule has 4 rings (SSSR count). The summed E-state index contributed by atoms with van der Waals surface area (Å²) in [5.41, 5.74) is 3.00. The molecule has 1 aromatic heterocycles. The molecular formula is C20H27N5O2S. The molecule has 3 heterocycles. The second-order valence-electron chi connectivity index (χ2n) is 8.15. The number of benzene rings is 1. The van der Waals surface area contributed by atoms with Gasteiger partial charge in [0.1, 0.15) is 0 Å². The van der Waals surface area contributed by atoms with Gasteiger partial charge in [0.15, 0.2) is 9.84 Å². The van der Waals surface area contributed by atoms with Crippen molar-refractivity contribution in [2.45, 2.75) is 11.3 Å². The SMILES string of the molecule is CN(C)c1ccc(-c2ccnc(N3C[C@H]4[C@@H](N(C)C)CS(=O)(=O)[C@H]4C3)n2)cc1. The predicted molar refractivity (Wildman–Crippen MR) is 113 cm³/mol. The molecule has 2 aliphatic rings. The van der Waals surface area contributed by atoms with E-state index in [2.05, 4.69) is 22.0 Å². The Kier molecular flexibility index (Phi) is 4.79. The molecule has 7 nitrogen and oxygen atoms in total. The van der Waals surface area contributed by atoms with E-state index in [1.807, 2.05) is 56.2 Å². The van der Waals surface area contributed by atoms with Gasteiger partial charge in [-0.2, -0.15) is 0 Å². The first-order chi connectivity index (χ1) is 13.3. The van der Waals surface area contributed by atoms with E-state index in [1.165, 1.54) is 0 Å². The number of hydrogen-bond donors (Lipinski definition) is 0. The molecule has 0 amide bonds. The topological polar surface area (TPSA) is 69.6 Å². The van der Waals surface area contributed by atoms with Crippen molar-refractivity contribution in [3.8, 4) is 11.3 Å². The quantitative estimate of drug-likeness (QED) is 0.766. The molecule has 0 unspecified atom stereocenters. The summed E-state index contributed by atoms with van der Waals surface area (Å²) in [4.78, 5) is 15.3. The van der Waals surface area contributed by atoms with E-state index >= 15 is 0 Å². The van der Waals surface area contributed by atoms with Gasteiger partial charge in [0.2, 0.25) is 5.95 Å². The Morgan fingerprint density at radius 2 is 1.75 bits per heavy atom. The Labute approximate surface area is 166 Å². The van der Waals surface area contributed by atoms with E-state index in [4.69, 9.17) is 4.98 Å². The highest BCUT2D eigenvalue weighted by molar-refractivity contribution is 7.92. The average Bonchev–Trinajstić information content (AvgIpc) is 3.21. The van der Waals surface area contributed by atoms with Crippen LogP contribution in [-0.2, 0) is 9.84 Å². The Hall–Kier alpha value is -2.19. The van der Waals surface area contributed by atoms with E-state index in [9.17, 15) is 8.42 Å².